The average molecular weight is 164 g/mol. The SMILES string of the molecule is Cc1cnc(C#CCN)c(F)c1. The number of nitrogens with zero attached hydrogens (tertiary/aromatic N) is 1. The quantitative estimate of drug-likeness (QED) is 0.577. The molecule has 0 aromatic carbocycles. The van der Waals surface area contributed by atoms with Crippen LogP contribution in [0.4, 0.5) is 4.39 Å². The third-order valence-corrected chi connectivity index (χ3v) is 1.29. The molecule has 0 saturated heterocycles. The predicted octanol–water partition coefficient (Wildman–Crippen LogP) is 0.839. The Morgan fingerprint density at radius 1 is 1.67 bits per heavy atom. The van der Waals surface area contributed by atoms with Gasteiger partial charge in [-0.05, 0) is 24.5 Å². The summed E-state index contributed by atoms with van der Waals surface area (Å²) in [6.45, 7) is 1.99. The number of aromatic nitrogens is 1. The highest BCUT2D eigenvalue weighted by molar-refractivity contribution is 5.30. The Kier molecular flexibility index (Phi) is 2.78. The molecule has 0 bridgehead atoms. The minimum absolute atomic E-state index is 0.158. The Balaban J connectivity index is 3.01. The molecule has 3 heteroatoms. The van der Waals surface area contributed by atoms with Crippen LogP contribution in [-0.4, -0.2) is 11.5 Å². The van der Waals surface area contributed by atoms with Gasteiger partial charge in [0, 0.05) is 6.20 Å². The van der Waals surface area contributed by atoms with Crippen molar-refractivity contribution >= 4 is 0 Å². The number of nitrogens with two attached hydrogens (primary N) is 1. The fourth-order valence-electron chi connectivity index (χ4n) is 0.760. The van der Waals surface area contributed by atoms with E-state index in [1.807, 2.05) is 0 Å². The summed E-state index contributed by atoms with van der Waals surface area (Å²) in [5.74, 6) is 4.69. The second-order valence-corrected chi connectivity index (χ2v) is 2.35. The lowest BCUT2D eigenvalue weighted by Gasteiger charge is -1.94. The Hall–Kier alpha value is -1.40. The second-order valence-electron chi connectivity index (χ2n) is 2.35. The number of hydrogen-bond acceptors (Lipinski definition) is 2. The normalized spacial score (nSPS) is 8.92. The molecule has 0 unspecified atom stereocenters. The third-order valence-electron chi connectivity index (χ3n) is 1.29. The van der Waals surface area contributed by atoms with E-state index >= 15 is 0 Å². The summed E-state index contributed by atoms with van der Waals surface area (Å²) < 4.78 is 13.0. The molecular weight excluding hydrogens is 155 g/mol. The van der Waals surface area contributed by atoms with Crippen LogP contribution in [0.15, 0.2) is 12.3 Å². The molecule has 0 radical (unpaired) electrons. The van der Waals surface area contributed by atoms with Gasteiger partial charge in [-0.15, -0.1) is 0 Å². The Morgan fingerprint density at radius 2 is 2.42 bits per heavy atom. The summed E-state index contributed by atoms with van der Waals surface area (Å²) in [6, 6.07) is 1.40. The fraction of sp³-hybridized carbons (Fsp3) is 0.222. The topological polar surface area (TPSA) is 38.9 Å². The van der Waals surface area contributed by atoms with Crippen LogP contribution in [0.1, 0.15) is 11.3 Å². The molecule has 62 valence electrons. The summed E-state index contributed by atoms with van der Waals surface area (Å²) in [7, 11) is 0. The lowest BCUT2D eigenvalue weighted by atomic mass is 10.2. The molecule has 0 amide bonds. The van der Waals surface area contributed by atoms with Crippen LogP contribution in [0.25, 0.3) is 0 Å². The molecular formula is C9H9FN2. The van der Waals surface area contributed by atoms with Crippen molar-refractivity contribution in [3.63, 3.8) is 0 Å². The molecule has 1 rings (SSSR count). The largest absolute Gasteiger partial charge is 0.320 e. The standard InChI is InChI=1S/C9H9FN2/c1-7-5-8(10)9(12-6-7)3-2-4-11/h5-6H,4,11H2,1H3. The summed E-state index contributed by atoms with van der Waals surface area (Å²) in [5.41, 5.74) is 6.07. The van der Waals surface area contributed by atoms with Crippen LogP contribution < -0.4 is 5.73 Å². The molecule has 0 saturated carbocycles. The van der Waals surface area contributed by atoms with Crippen molar-refractivity contribution in [1.82, 2.24) is 4.98 Å². The van der Waals surface area contributed by atoms with E-state index in [1.54, 1.807) is 13.1 Å². The number of halogens is 1. The molecule has 1 heterocycles. The van der Waals surface area contributed by atoms with E-state index in [-0.39, 0.29) is 12.2 Å². The van der Waals surface area contributed by atoms with Crippen molar-refractivity contribution in [2.75, 3.05) is 6.54 Å². The van der Waals surface area contributed by atoms with Crippen LogP contribution in [0, 0.1) is 24.6 Å². The van der Waals surface area contributed by atoms with Crippen LogP contribution in [0.3, 0.4) is 0 Å². The van der Waals surface area contributed by atoms with Gasteiger partial charge in [0.2, 0.25) is 0 Å². The lowest BCUT2D eigenvalue weighted by molar-refractivity contribution is 0.615. The van der Waals surface area contributed by atoms with Crippen molar-refractivity contribution in [3.8, 4) is 11.8 Å². The first-order chi connectivity index (χ1) is 5.74. The molecule has 0 atom stereocenters. The first kappa shape index (κ1) is 8.69. The molecule has 0 fully saturated rings. The van der Waals surface area contributed by atoms with Gasteiger partial charge in [0.15, 0.2) is 5.82 Å². The zero-order chi connectivity index (χ0) is 8.97. The van der Waals surface area contributed by atoms with Crippen molar-refractivity contribution in [3.05, 3.63) is 29.3 Å². The van der Waals surface area contributed by atoms with Crippen LogP contribution >= 0.6 is 0 Å². The van der Waals surface area contributed by atoms with Crippen molar-refractivity contribution in [1.29, 1.82) is 0 Å². The molecule has 0 spiro atoms. The highest BCUT2D eigenvalue weighted by atomic mass is 19.1. The Morgan fingerprint density at radius 3 is 3.00 bits per heavy atom. The lowest BCUT2D eigenvalue weighted by Crippen LogP contribution is -1.95. The van der Waals surface area contributed by atoms with Gasteiger partial charge in [0.05, 0.1) is 6.54 Å². The van der Waals surface area contributed by atoms with Gasteiger partial charge in [-0.25, -0.2) is 9.37 Å². The van der Waals surface area contributed by atoms with Crippen molar-refractivity contribution < 1.29 is 4.39 Å². The van der Waals surface area contributed by atoms with E-state index in [9.17, 15) is 4.39 Å². The van der Waals surface area contributed by atoms with Gasteiger partial charge in [-0.2, -0.15) is 0 Å². The monoisotopic (exact) mass is 164 g/mol. The predicted molar refractivity (Wildman–Crippen MR) is 44.9 cm³/mol. The smallest absolute Gasteiger partial charge is 0.157 e. The van der Waals surface area contributed by atoms with Crippen LogP contribution in [0.2, 0.25) is 0 Å². The Labute approximate surface area is 70.6 Å². The van der Waals surface area contributed by atoms with Gasteiger partial charge < -0.3 is 5.73 Å². The minimum Gasteiger partial charge on any atom is -0.320 e. The van der Waals surface area contributed by atoms with Gasteiger partial charge in [0.25, 0.3) is 0 Å². The van der Waals surface area contributed by atoms with E-state index in [0.717, 1.165) is 5.56 Å². The maximum absolute atomic E-state index is 13.0. The van der Waals surface area contributed by atoms with Crippen LogP contribution in [0.5, 0.6) is 0 Å². The molecule has 2 N–H and O–H groups in total. The number of pyridine rings is 1. The minimum atomic E-state index is -0.393. The molecule has 1 aromatic heterocycles. The zero-order valence-corrected chi connectivity index (χ0v) is 6.76. The van der Waals surface area contributed by atoms with E-state index in [1.165, 1.54) is 6.07 Å². The van der Waals surface area contributed by atoms with Crippen LogP contribution in [-0.2, 0) is 0 Å². The van der Waals surface area contributed by atoms with E-state index < -0.39 is 5.82 Å². The molecule has 0 aliphatic carbocycles. The summed E-state index contributed by atoms with van der Waals surface area (Å²) in [4.78, 5) is 3.81. The second kappa shape index (κ2) is 3.84. The highest BCUT2D eigenvalue weighted by Gasteiger charge is 1.98. The maximum Gasteiger partial charge on any atom is 0.157 e. The Bertz CT molecular complexity index is 336. The number of aryl methyl sites for hydroxylation is 1. The van der Waals surface area contributed by atoms with Gasteiger partial charge in [-0.1, -0.05) is 5.92 Å². The number of rotatable bonds is 0. The van der Waals surface area contributed by atoms with Gasteiger partial charge in [0.1, 0.15) is 5.69 Å². The molecule has 0 aliphatic heterocycles. The summed E-state index contributed by atoms with van der Waals surface area (Å²) in [5, 5.41) is 0. The van der Waals surface area contributed by atoms with Crippen molar-refractivity contribution in [2.24, 2.45) is 5.73 Å². The van der Waals surface area contributed by atoms with Crippen molar-refractivity contribution in [2.45, 2.75) is 6.92 Å². The molecule has 0 aliphatic rings. The fourth-order valence-corrected chi connectivity index (χ4v) is 0.760. The molecule has 2 nitrogen and oxygen atoms in total. The first-order valence-electron chi connectivity index (χ1n) is 3.55. The highest BCUT2D eigenvalue weighted by Crippen LogP contribution is 2.03. The molecule has 12 heavy (non-hydrogen) atoms. The first-order valence-corrected chi connectivity index (χ1v) is 3.55. The third kappa shape index (κ3) is 2.04. The van der Waals surface area contributed by atoms with Gasteiger partial charge >= 0.3 is 0 Å². The molecule has 1 aromatic rings. The van der Waals surface area contributed by atoms with E-state index in [0.29, 0.717) is 0 Å². The summed E-state index contributed by atoms with van der Waals surface area (Å²) >= 11 is 0. The number of hydrogen-bond donors (Lipinski definition) is 1. The average Bonchev–Trinajstić information content (AvgIpc) is 2.03. The zero-order valence-electron chi connectivity index (χ0n) is 6.76. The van der Waals surface area contributed by atoms with E-state index in [4.69, 9.17) is 5.73 Å². The van der Waals surface area contributed by atoms with Gasteiger partial charge in [-0.3, -0.25) is 0 Å². The van der Waals surface area contributed by atoms with E-state index in [2.05, 4.69) is 16.8 Å². The summed E-state index contributed by atoms with van der Waals surface area (Å²) in [6.07, 6.45) is 1.57. The maximum atomic E-state index is 13.0.